The van der Waals surface area contributed by atoms with Crippen molar-refractivity contribution in [3.63, 3.8) is 0 Å². The molecule has 104 valence electrons. The largest absolute Gasteiger partial charge is 0.214 e. The van der Waals surface area contributed by atoms with Gasteiger partial charge in [0.05, 0.1) is 5.75 Å². The second-order valence-corrected chi connectivity index (χ2v) is 7.19. The number of nitrogens with zero attached hydrogens (tertiary/aromatic N) is 1. The molecule has 0 aliphatic heterocycles. The van der Waals surface area contributed by atoms with Crippen LogP contribution in [0.15, 0.2) is 0 Å². The molecule has 0 N–H and O–H groups in total. The van der Waals surface area contributed by atoms with Crippen molar-refractivity contribution in [2.24, 2.45) is 5.92 Å². The van der Waals surface area contributed by atoms with Crippen molar-refractivity contribution in [1.82, 2.24) is 4.31 Å². The van der Waals surface area contributed by atoms with Crippen LogP contribution in [0.1, 0.15) is 47.0 Å². The van der Waals surface area contributed by atoms with Gasteiger partial charge in [0, 0.05) is 18.5 Å². The summed E-state index contributed by atoms with van der Waals surface area (Å²) in [5, 5.41) is 0. The molecule has 0 unspecified atom stereocenters. The van der Waals surface area contributed by atoms with E-state index in [4.69, 9.17) is 11.6 Å². The second-order valence-electron chi connectivity index (χ2n) is 4.77. The van der Waals surface area contributed by atoms with Crippen molar-refractivity contribution in [2.75, 3.05) is 18.2 Å². The van der Waals surface area contributed by atoms with E-state index in [1.54, 1.807) is 4.31 Å². The summed E-state index contributed by atoms with van der Waals surface area (Å²) in [6, 6.07) is 0.0888. The van der Waals surface area contributed by atoms with Gasteiger partial charge in [0.25, 0.3) is 0 Å². The number of alkyl halides is 1. The molecule has 0 heterocycles. The zero-order chi connectivity index (χ0) is 13.5. The lowest BCUT2D eigenvalue weighted by molar-refractivity contribution is 0.315. The van der Waals surface area contributed by atoms with E-state index in [1.807, 2.05) is 27.7 Å². The summed E-state index contributed by atoms with van der Waals surface area (Å²) in [5.74, 6) is 1.000. The first-order valence-corrected chi connectivity index (χ1v) is 8.58. The molecule has 0 amide bonds. The van der Waals surface area contributed by atoms with Crippen LogP contribution in [0.25, 0.3) is 0 Å². The fraction of sp³-hybridized carbons (Fsp3) is 1.00. The fourth-order valence-electron chi connectivity index (χ4n) is 1.83. The lowest BCUT2D eigenvalue weighted by Gasteiger charge is -2.29. The molecule has 0 aromatic rings. The van der Waals surface area contributed by atoms with Crippen molar-refractivity contribution in [3.8, 4) is 0 Å². The fourth-order valence-corrected chi connectivity index (χ4v) is 4.24. The number of hydrogen-bond donors (Lipinski definition) is 0. The standard InChI is InChI=1S/C12H26ClNO2S/c1-5-12(6-2)14(9-8-13)17(15,16)10-7-11(3)4/h11-12H,5-10H2,1-4H3. The summed E-state index contributed by atoms with van der Waals surface area (Å²) >= 11 is 5.72. The van der Waals surface area contributed by atoms with Gasteiger partial charge in [0.15, 0.2) is 0 Å². The quantitative estimate of drug-likeness (QED) is 0.610. The van der Waals surface area contributed by atoms with Gasteiger partial charge in [-0.1, -0.05) is 27.7 Å². The highest BCUT2D eigenvalue weighted by Crippen LogP contribution is 2.16. The molecule has 0 aromatic heterocycles. The van der Waals surface area contributed by atoms with E-state index in [1.165, 1.54) is 0 Å². The van der Waals surface area contributed by atoms with E-state index in [9.17, 15) is 8.42 Å². The monoisotopic (exact) mass is 283 g/mol. The topological polar surface area (TPSA) is 37.4 Å². The average molecular weight is 284 g/mol. The van der Waals surface area contributed by atoms with Crippen LogP contribution in [0.4, 0.5) is 0 Å². The van der Waals surface area contributed by atoms with Gasteiger partial charge in [-0.05, 0) is 25.2 Å². The van der Waals surface area contributed by atoms with Crippen molar-refractivity contribution in [2.45, 2.75) is 53.0 Å². The van der Waals surface area contributed by atoms with E-state index in [2.05, 4.69) is 0 Å². The lowest BCUT2D eigenvalue weighted by Crippen LogP contribution is -2.42. The molecule has 0 aliphatic rings. The maximum absolute atomic E-state index is 12.3. The van der Waals surface area contributed by atoms with Crippen molar-refractivity contribution in [1.29, 1.82) is 0 Å². The molecule has 0 spiro atoms. The highest BCUT2D eigenvalue weighted by molar-refractivity contribution is 7.89. The molecule has 0 bridgehead atoms. The van der Waals surface area contributed by atoms with Gasteiger partial charge in [0.1, 0.15) is 0 Å². The van der Waals surface area contributed by atoms with E-state index >= 15 is 0 Å². The molecule has 0 aromatic carbocycles. The van der Waals surface area contributed by atoms with Crippen LogP contribution in [0.2, 0.25) is 0 Å². The van der Waals surface area contributed by atoms with Crippen LogP contribution in [0, 0.1) is 5.92 Å². The Hall–Kier alpha value is 0.200. The van der Waals surface area contributed by atoms with Crippen molar-refractivity contribution >= 4 is 21.6 Å². The van der Waals surface area contributed by atoms with Crippen LogP contribution in [0.3, 0.4) is 0 Å². The second kappa shape index (κ2) is 8.33. The molecule has 0 rings (SSSR count). The highest BCUT2D eigenvalue weighted by Gasteiger charge is 2.27. The maximum atomic E-state index is 12.3. The molecule has 5 heteroatoms. The predicted molar refractivity (Wildman–Crippen MR) is 75.0 cm³/mol. The van der Waals surface area contributed by atoms with Crippen LogP contribution in [-0.2, 0) is 10.0 Å². The van der Waals surface area contributed by atoms with Gasteiger partial charge >= 0.3 is 0 Å². The molecule has 0 fully saturated rings. The predicted octanol–water partition coefficient (Wildman–Crippen LogP) is 3.09. The summed E-state index contributed by atoms with van der Waals surface area (Å²) in [6.07, 6.45) is 2.39. The van der Waals surface area contributed by atoms with E-state index in [0.717, 1.165) is 12.8 Å². The van der Waals surface area contributed by atoms with Crippen molar-refractivity contribution < 1.29 is 8.42 Å². The average Bonchev–Trinajstić information content (AvgIpc) is 2.27. The molecule has 0 radical (unpaired) electrons. The molecule has 0 atom stereocenters. The first-order valence-electron chi connectivity index (χ1n) is 6.44. The molecule has 0 saturated heterocycles. The number of hydrogen-bond acceptors (Lipinski definition) is 2. The summed E-state index contributed by atoms with van der Waals surface area (Å²) < 4.78 is 26.1. The molecule has 3 nitrogen and oxygen atoms in total. The summed E-state index contributed by atoms with van der Waals surface area (Å²) in [6.45, 7) is 8.55. The van der Waals surface area contributed by atoms with Gasteiger partial charge in [-0.2, -0.15) is 4.31 Å². The smallest absolute Gasteiger partial charge is 0.212 e. The zero-order valence-electron chi connectivity index (χ0n) is 11.4. The normalized spacial score (nSPS) is 12.9. The summed E-state index contributed by atoms with van der Waals surface area (Å²) in [5.41, 5.74) is 0. The maximum Gasteiger partial charge on any atom is 0.214 e. The third-order valence-corrected chi connectivity index (χ3v) is 5.08. The lowest BCUT2D eigenvalue weighted by atomic mass is 10.2. The van der Waals surface area contributed by atoms with Crippen LogP contribution in [-0.4, -0.2) is 36.9 Å². The van der Waals surface area contributed by atoms with Crippen LogP contribution < -0.4 is 0 Å². The number of halogens is 1. The number of sulfonamides is 1. The molecular formula is C12H26ClNO2S. The first-order chi connectivity index (χ1) is 7.88. The Bertz CT molecular complexity index is 287. The SMILES string of the molecule is CCC(CC)N(CCCl)S(=O)(=O)CCC(C)C. The molecule has 0 aliphatic carbocycles. The van der Waals surface area contributed by atoms with Crippen LogP contribution >= 0.6 is 11.6 Å². The third-order valence-electron chi connectivity index (χ3n) is 2.97. The van der Waals surface area contributed by atoms with Gasteiger partial charge in [-0.25, -0.2) is 8.42 Å². The first kappa shape index (κ1) is 17.2. The minimum atomic E-state index is -3.15. The Kier molecular flexibility index (Phi) is 8.43. The minimum absolute atomic E-state index is 0.0888. The number of rotatable bonds is 9. The summed E-state index contributed by atoms with van der Waals surface area (Å²) in [4.78, 5) is 0. The Balaban J connectivity index is 4.77. The molecule has 0 saturated carbocycles. The van der Waals surface area contributed by atoms with Gasteiger partial charge in [-0.15, -0.1) is 11.6 Å². The third kappa shape index (κ3) is 6.07. The summed E-state index contributed by atoms with van der Waals surface area (Å²) in [7, 11) is -3.15. The Labute approximate surface area is 112 Å². The Morgan fingerprint density at radius 2 is 1.71 bits per heavy atom. The molecular weight excluding hydrogens is 258 g/mol. The van der Waals surface area contributed by atoms with Gasteiger partial charge in [0.2, 0.25) is 10.0 Å². The highest BCUT2D eigenvalue weighted by atomic mass is 35.5. The van der Waals surface area contributed by atoms with E-state index in [0.29, 0.717) is 24.8 Å². The van der Waals surface area contributed by atoms with Crippen molar-refractivity contribution in [3.05, 3.63) is 0 Å². The van der Waals surface area contributed by atoms with E-state index in [-0.39, 0.29) is 11.8 Å². The minimum Gasteiger partial charge on any atom is -0.212 e. The molecule has 17 heavy (non-hydrogen) atoms. The zero-order valence-corrected chi connectivity index (χ0v) is 13.0. The Morgan fingerprint density at radius 3 is 2.06 bits per heavy atom. The van der Waals surface area contributed by atoms with Gasteiger partial charge < -0.3 is 0 Å². The van der Waals surface area contributed by atoms with Gasteiger partial charge in [-0.3, -0.25) is 0 Å². The van der Waals surface area contributed by atoms with E-state index < -0.39 is 10.0 Å². The Morgan fingerprint density at radius 1 is 1.18 bits per heavy atom. The van der Waals surface area contributed by atoms with Crippen LogP contribution in [0.5, 0.6) is 0 Å².